The first-order valence-electron chi connectivity index (χ1n) is 7.61. The van der Waals surface area contributed by atoms with Gasteiger partial charge in [-0.25, -0.2) is 0 Å². The first-order chi connectivity index (χ1) is 9.38. The van der Waals surface area contributed by atoms with Crippen molar-refractivity contribution in [3.63, 3.8) is 0 Å². The van der Waals surface area contributed by atoms with E-state index in [1.54, 1.807) is 0 Å². The van der Waals surface area contributed by atoms with Crippen LogP contribution in [0.25, 0.3) is 0 Å². The predicted octanol–water partition coefficient (Wildman–Crippen LogP) is 2.81. The fraction of sp³-hybridized carbons (Fsp3) is 0.625. The molecule has 0 radical (unpaired) electrons. The highest BCUT2D eigenvalue weighted by molar-refractivity contribution is 5.51. The van der Waals surface area contributed by atoms with E-state index >= 15 is 0 Å². The Morgan fingerprint density at radius 2 is 2.00 bits per heavy atom. The lowest BCUT2D eigenvalue weighted by atomic mass is 9.87. The average molecular weight is 260 g/mol. The molecule has 1 aliphatic heterocycles. The van der Waals surface area contributed by atoms with Crippen LogP contribution in [0.1, 0.15) is 32.6 Å². The molecular weight excluding hydrogens is 236 g/mol. The third-order valence-electron chi connectivity index (χ3n) is 4.37. The van der Waals surface area contributed by atoms with Crippen LogP contribution in [0.5, 0.6) is 5.75 Å². The number of hydrogen-bond donors (Lipinski definition) is 1. The molecule has 2 aliphatic rings. The van der Waals surface area contributed by atoms with Crippen LogP contribution in [-0.2, 0) is 0 Å². The summed E-state index contributed by atoms with van der Waals surface area (Å²) in [7, 11) is 0. The van der Waals surface area contributed by atoms with E-state index in [2.05, 4.69) is 34.5 Å². The van der Waals surface area contributed by atoms with Crippen LogP contribution in [0.4, 0.5) is 5.69 Å². The van der Waals surface area contributed by atoms with Gasteiger partial charge in [0.15, 0.2) is 0 Å². The summed E-state index contributed by atoms with van der Waals surface area (Å²) in [5, 5.41) is 3.69. The number of ether oxygens (including phenoxy) is 1. The molecule has 19 heavy (non-hydrogen) atoms. The zero-order chi connectivity index (χ0) is 13.1. The fourth-order valence-corrected chi connectivity index (χ4v) is 3.48. The Bertz CT molecular complexity index is 402. The molecule has 3 nitrogen and oxygen atoms in total. The van der Waals surface area contributed by atoms with Gasteiger partial charge in [-0.15, -0.1) is 0 Å². The van der Waals surface area contributed by atoms with Gasteiger partial charge in [0.1, 0.15) is 5.75 Å². The molecule has 3 heteroatoms. The van der Waals surface area contributed by atoms with E-state index in [9.17, 15) is 0 Å². The van der Waals surface area contributed by atoms with Gasteiger partial charge in [-0.05, 0) is 44.0 Å². The van der Waals surface area contributed by atoms with Gasteiger partial charge in [-0.3, -0.25) is 0 Å². The van der Waals surface area contributed by atoms with Crippen LogP contribution >= 0.6 is 0 Å². The molecule has 1 saturated carbocycles. The molecule has 1 aromatic rings. The van der Waals surface area contributed by atoms with Crippen molar-refractivity contribution in [1.82, 2.24) is 5.32 Å². The van der Waals surface area contributed by atoms with Gasteiger partial charge in [0, 0.05) is 30.9 Å². The third kappa shape index (κ3) is 2.71. The van der Waals surface area contributed by atoms with E-state index in [0.717, 1.165) is 25.4 Å². The molecular formula is C16H24N2O. The number of hydrogen-bond acceptors (Lipinski definition) is 3. The molecule has 104 valence electrons. The summed E-state index contributed by atoms with van der Waals surface area (Å²) >= 11 is 0. The normalized spacial score (nSPS) is 26.9. The zero-order valence-electron chi connectivity index (χ0n) is 11.8. The lowest BCUT2D eigenvalue weighted by Gasteiger charge is -2.46. The molecule has 0 bridgehead atoms. The SMILES string of the molecule is CCOc1ccc(N2CCN[C@H]3CCCC[C@@H]32)cc1. The Balaban J connectivity index is 1.75. The van der Waals surface area contributed by atoms with Crippen molar-refractivity contribution in [2.45, 2.75) is 44.7 Å². The Morgan fingerprint density at radius 1 is 1.21 bits per heavy atom. The monoisotopic (exact) mass is 260 g/mol. The number of nitrogens with zero attached hydrogens (tertiary/aromatic N) is 1. The van der Waals surface area contributed by atoms with Gasteiger partial charge < -0.3 is 15.0 Å². The van der Waals surface area contributed by atoms with Crippen LogP contribution in [0.2, 0.25) is 0 Å². The second kappa shape index (κ2) is 5.83. The number of fused-ring (bicyclic) bond motifs is 1. The first kappa shape index (κ1) is 12.8. The van der Waals surface area contributed by atoms with E-state index < -0.39 is 0 Å². The van der Waals surface area contributed by atoms with Gasteiger partial charge in [0.25, 0.3) is 0 Å². The standard InChI is InChI=1S/C16H24N2O/c1-2-19-14-9-7-13(8-10-14)18-12-11-17-15-5-3-4-6-16(15)18/h7-10,15-17H,2-6,11-12H2,1H3/t15-,16-/m0/s1. The minimum atomic E-state index is 0.681. The molecule has 1 saturated heterocycles. The van der Waals surface area contributed by atoms with Crippen LogP contribution in [0.3, 0.4) is 0 Å². The maximum atomic E-state index is 5.52. The summed E-state index contributed by atoms with van der Waals surface area (Å²) in [6.07, 6.45) is 5.41. The minimum Gasteiger partial charge on any atom is -0.494 e. The molecule has 3 rings (SSSR count). The van der Waals surface area contributed by atoms with E-state index in [-0.39, 0.29) is 0 Å². The minimum absolute atomic E-state index is 0.681. The van der Waals surface area contributed by atoms with Gasteiger partial charge in [-0.2, -0.15) is 0 Å². The van der Waals surface area contributed by atoms with Crippen LogP contribution in [-0.4, -0.2) is 31.8 Å². The highest BCUT2D eigenvalue weighted by Gasteiger charge is 2.32. The maximum absolute atomic E-state index is 5.52. The van der Waals surface area contributed by atoms with Crippen molar-refractivity contribution >= 4 is 5.69 Å². The molecule has 1 heterocycles. The second-order valence-corrected chi connectivity index (χ2v) is 5.53. The Labute approximate surface area is 115 Å². The van der Waals surface area contributed by atoms with Gasteiger partial charge in [-0.1, -0.05) is 12.8 Å². The number of piperazine rings is 1. The molecule has 0 amide bonds. The summed E-state index contributed by atoms with van der Waals surface area (Å²) in [5.41, 5.74) is 1.35. The average Bonchev–Trinajstić information content (AvgIpc) is 2.48. The first-order valence-corrected chi connectivity index (χ1v) is 7.61. The van der Waals surface area contributed by atoms with E-state index in [1.165, 1.54) is 31.4 Å². The van der Waals surface area contributed by atoms with Crippen molar-refractivity contribution in [2.75, 3.05) is 24.6 Å². The van der Waals surface area contributed by atoms with Crippen molar-refractivity contribution < 1.29 is 4.74 Å². The predicted molar refractivity (Wildman–Crippen MR) is 79.0 cm³/mol. The zero-order valence-corrected chi connectivity index (χ0v) is 11.8. The van der Waals surface area contributed by atoms with Crippen LogP contribution < -0.4 is 15.0 Å². The molecule has 0 spiro atoms. The number of nitrogens with one attached hydrogen (secondary N) is 1. The van der Waals surface area contributed by atoms with Crippen LogP contribution in [0, 0.1) is 0 Å². The maximum Gasteiger partial charge on any atom is 0.119 e. The Hall–Kier alpha value is -1.22. The Kier molecular flexibility index (Phi) is 3.92. The highest BCUT2D eigenvalue weighted by Crippen LogP contribution is 2.30. The molecule has 1 N–H and O–H groups in total. The molecule has 2 fully saturated rings. The van der Waals surface area contributed by atoms with Crippen molar-refractivity contribution in [3.05, 3.63) is 24.3 Å². The number of anilines is 1. The van der Waals surface area contributed by atoms with Crippen molar-refractivity contribution in [2.24, 2.45) is 0 Å². The summed E-state index contributed by atoms with van der Waals surface area (Å²) in [4.78, 5) is 2.59. The van der Waals surface area contributed by atoms with Gasteiger partial charge in [0.05, 0.1) is 6.61 Å². The van der Waals surface area contributed by atoms with Crippen molar-refractivity contribution in [3.8, 4) is 5.75 Å². The molecule has 1 aliphatic carbocycles. The fourth-order valence-electron chi connectivity index (χ4n) is 3.48. The molecule has 1 aromatic carbocycles. The summed E-state index contributed by atoms with van der Waals surface area (Å²) in [6.45, 7) is 4.98. The topological polar surface area (TPSA) is 24.5 Å². The van der Waals surface area contributed by atoms with Crippen LogP contribution in [0.15, 0.2) is 24.3 Å². The summed E-state index contributed by atoms with van der Waals surface area (Å²) in [6, 6.07) is 9.98. The summed E-state index contributed by atoms with van der Waals surface area (Å²) < 4.78 is 5.52. The third-order valence-corrected chi connectivity index (χ3v) is 4.37. The number of rotatable bonds is 3. The van der Waals surface area contributed by atoms with E-state index in [1.807, 2.05) is 6.92 Å². The van der Waals surface area contributed by atoms with E-state index in [4.69, 9.17) is 4.74 Å². The van der Waals surface area contributed by atoms with Gasteiger partial charge >= 0.3 is 0 Å². The smallest absolute Gasteiger partial charge is 0.119 e. The molecule has 2 atom stereocenters. The second-order valence-electron chi connectivity index (χ2n) is 5.53. The van der Waals surface area contributed by atoms with Crippen molar-refractivity contribution in [1.29, 1.82) is 0 Å². The quantitative estimate of drug-likeness (QED) is 0.904. The highest BCUT2D eigenvalue weighted by atomic mass is 16.5. The number of benzene rings is 1. The molecule has 0 aromatic heterocycles. The lowest BCUT2D eigenvalue weighted by molar-refractivity contribution is 0.284. The Morgan fingerprint density at radius 3 is 2.79 bits per heavy atom. The van der Waals surface area contributed by atoms with E-state index in [0.29, 0.717) is 12.1 Å². The largest absolute Gasteiger partial charge is 0.494 e. The summed E-state index contributed by atoms with van der Waals surface area (Å²) in [5.74, 6) is 0.974. The molecule has 0 unspecified atom stereocenters. The lowest BCUT2D eigenvalue weighted by Crippen LogP contribution is -2.59. The van der Waals surface area contributed by atoms with Gasteiger partial charge in [0.2, 0.25) is 0 Å².